The number of carbonyl (C=O) groups is 1. The number of benzene rings is 1. The van der Waals surface area contributed by atoms with Crippen molar-refractivity contribution in [1.29, 1.82) is 0 Å². The summed E-state index contributed by atoms with van der Waals surface area (Å²) in [6.07, 6.45) is 0. The number of hydrogen-bond acceptors (Lipinski definition) is 4. The Kier molecular flexibility index (Phi) is 3.60. The van der Waals surface area contributed by atoms with Crippen LogP contribution in [-0.2, 0) is 17.9 Å². The molecule has 0 spiro atoms. The van der Waals surface area contributed by atoms with Crippen LogP contribution in [0.2, 0.25) is 0 Å². The zero-order chi connectivity index (χ0) is 14.8. The van der Waals surface area contributed by atoms with E-state index in [-0.39, 0.29) is 12.5 Å². The lowest BCUT2D eigenvalue weighted by Gasteiger charge is -2.27. The summed E-state index contributed by atoms with van der Waals surface area (Å²) in [7, 11) is 0. The van der Waals surface area contributed by atoms with Crippen LogP contribution in [0.3, 0.4) is 0 Å². The third kappa shape index (κ3) is 2.89. The van der Waals surface area contributed by atoms with Gasteiger partial charge in [0.25, 0.3) is 5.91 Å². The predicted molar refractivity (Wildman–Crippen MR) is 76.9 cm³/mol. The Hall–Kier alpha value is -2.37. The highest BCUT2D eigenvalue weighted by molar-refractivity contribution is 5.77. The summed E-state index contributed by atoms with van der Waals surface area (Å²) in [5, 5.41) is 8.14. The van der Waals surface area contributed by atoms with E-state index in [0.29, 0.717) is 13.1 Å². The maximum atomic E-state index is 12.2. The Bertz CT molecular complexity index is 665. The van der Waals surface area contributed by atoms with Crippen LogP contribution in [-0.4, -0.2) is 38.7 Å². The predicted octanol–water partition coefficient (Wildman–Crippen LogP) is 1.32. The highest BCUT2D eigenvalue weighted by Gasteiger charge is 2.23. The van der Waals surface area contributed by atoms with Gasteiger partial charge in [0.15, 0.2) is 12.4 Å². The van der Waals surface area contributed by atoms with Crippen molar-refractivity contribution in [3.8, 4) is 5.75 Å². The Morgan fingerprint density at radius 2 is 2.14 bits per heavy atom. The Morgan fingerprint density at radius 3 is 2.95 bits per heavy atom. The summed E-state index contributed by atoms with van der Waals surface area (Å²) in [5.41, 5.74) is 1.11. The molecule has 6 nitrogen and oxygen atoms in total. The average Bonchev–Trinajstić information content (AvgIpc) is 2.86. The minimum atomic E-state index is -0.0246. The zero-order valence-electron chi connectivity index (χ0n) is 12.2. The van der Waals surface area contributed by atoms with E-state index < -0.39 is 0 Å². The lowest BCUT2D eigenvalue weighted by atomic mass is 10.2. The average molecular weight is 286 g/mol. The summed E-state index contributed by atoms with van der Waals surface area (Å²) >= 11 is 0. The molecule has 1 aromatic heterocycles. The van der Waals surface area contributed by atoms with Gasteiger partial charge in [-0.3, -0.25) is 4.79 Å². The summed E-state index contributed by atoms with van der Waals surface area (Å²) in [6, 6.07) is 7.69. The van der Waals surface area contributed by atoms with E-state index in [0.717, 1.165) is 29.5 Å². The highest BCUT2D eigenvalue weighted by atomic mass is 16.5. The van der Waals surface area contributed by atoms with Crippen molar-refractivity contribution in [3.05, 3.63) is 41.5 Å². The lowest BCUT2D eigenvalue weighted by molar-refractivity contribution is -0.134. The van der Waals surface area contributed by atoms with Gasteiger partial charge in [-0.25, -0.2) is 0 Å². The molecule has 2 heterocycles. The fourth-order valence-electron chi connectivity index (χ4n) is 2.46. The summed E-state index contributed by atoms with van der Waals surface area (Å²) in [4.78, 5) is 14.0. The molecule has 3 rings (SSSR count). The molecule has 0 unspecified atom stereocenters. The molecule has 0 fully saturated rings. The molecule has 1 aliphatic rings. The SMILES string of the molecule is Cc1cccc(OCC(=O)N2CCn3c(C)nnc3C2)c1. The van der Waals surface area contributed by atoms with Crippen LogP contribution in [0.25, 0.3) is 0 Å². The minimum absolute atomic E-state index is 0.0246. The molecule has 0 N–H and O–H groups in total. The first-order valence-corrected chi connectivity index (χ1v) is 6.99. The molecule has 110 valence electrons. The molecular formula is C15H18N4O2. The van der Waals surface area contributed by atoms with E-state index in [4.69, 9.17) is 4.74 Å². The van der Waals surface area contributed by atoms with Crippen molar-refractivity contribution < 1.29 is 9.53 Å². The van der Waals surface area contributed by atoms with E-state index in [1.54, 1.807) is 4.90 Å². The van der Waals surface area contributed by atoms with E-state index in [2.05, 4.69) is 10.2 Å². The van der Waals surface area contributed by atoms with Gasteiger partial charge in [0.05, 0.1) is 6.54 Å². The first-order chi connectivity index (χ1) is 10.1. The lowest BCUT2D eigenvalue weighted by Crippen LogP contribution is -2.41. The van der Waals surface area contributed by atoms with Gasteiger partial charge < -0.3 is 14.2 Å². The molecule has 6 heteroatoms. The quantitative estimate of drug-likeness (QED) is 0.853. The van der Waals surface area contributed by atoms with Crippen molar-refractivity contribution in [3.63, 3.8) is 0 Å². The molecule has 0 bridgehead atoms. The standard InChI is InChI=1S/C15H18N4O2/c1-11-4-3-5-13(8-11)21-10-15(20)18-6-7-19-12(2)16-17-14(19)9-18/h3-5,8H,6-7,9-10H2,1-2H3. The van der Waals surface area contributed by atoms with Gasteiger partial charge in [-0.2, -0.15) is 0 Å². The van der Waals surface area contributed by atoms with Gasteiger partial charge in [0, 0.05) is 13.1 Å². The van der Waals surface area contributed by atoms with E-state index in [1.165, 1.54) is 0 Å². The van der Waals surface area contributed by atoms with Gasteiger partial charge in [0.2, 0.25) is 0 Å². The van der Waals surface area contributed by atoms with E-state index >= 15 is 0 Å². The van der Waals surface area contributed by atoms with Gasteiger partial charge in [-0.1, -0.05) is 12.1 Å². The van der Waals surface area contributed by atoms with Crippen LogP contribution in [0.15, 0.2) is 24.3 Å². The molecule has 0 saturated carbocycles. The van der Waals surface area contributed by atoms with Crippen LogP contribution >= 0.6 is 0 Å². The van der Waals surface area contributed by atoms with Crippen molar-refractivity contribution in [1.82, 2.24) is 19.7 Å². The van der Waals surface area contributed by atoms with Gasteiger partial charge in [-0.05, 0) is 31.5 Å². The number of aromatic nitrogens is 3. The summed E-state index contributed by atoms with van der Waals surface area (Å²) < 4.78 is 7.61. The Labute approximate surface area is 123 Å². The first kappa shape index (κ1) is 13.6. The van der Waals surface area contributed by atoms with Crippen molar-refractivity contribution in [2.75, 3.05) is 13.2 Å². The molecule has 0 aliphatic carbocycles. The maximum absolute atomic E-state index is 12.2. The van der Waals surface area contributed by atoms with Gasteiger partial charge >= 0.3 is 0 Å². The van der Waals surface area contributed by atoms with Gasteiger partial charge in [0.1, 0.15) is 11.6 Å². The molecule has 1 aliphatic heterocycles. The van der Waals surface area contributed by atoms with Crippen molar-refractivity contribution in [2.45, 2.75) is 26.9 Å². The van der Waals surface area contributed by atoms with Gasteiger partial charge in [-0.15, -0.1) is 10.2 Å². The molecular weight excluding hydrogens is 268 g/mol. The number of ether oxygens (including phenoxy) is 1. The molecule has 0 saturated heterocycles. The number of rotatable bonds is 3. The fourth-order valence-corrected chi connectivity index (χ4v) is 2.46. The Morgan fingerprint density at radius 1 is 1.29 bits per heavy atom. The second kappa shape index (κ2) is 5.55. The molecule has 0 radical (unpaired) electrons. The summed E-state index contributed by atoms with van der Waals surface area (Å²) in [5.74, 6) is 2.43. The number of carbonyl (C=O) groups excluding carboxylic acids is 1. The number of nitrogens with zero attached hydrogens (tertiary/aromatic N) is 4. The van der Waals surface area contributed by atoms with Crippen LogP contribution in [0, 0.1) is 13.8 Å². The largest absolute Gasteiger partial charge is 0.484 e. The molecule has 0 atom stereocenters. The molecule has 2 aromatic rings. The first-order valence-electron chi connectivity index (χ1n) is 6.99. The van der Waals surface area contributed by atoms with Crippen molar-refractivity contribution in [2.24, 2.45) is 0 Å². The Balaban J connectivity index is 1.59. The monoisotopic (exact) mass is 286 g/mol. The number of fused-ring (bicyclic) bond motifs is 1. The van der Waals surface area contributed by atoms with Crippen LogP contribution < -0.4 is 4.74 Å². The van der Waals surface area contributed by atoms with Crippen LogP contribution in [0.4, 0.5) is 0 Å². The van der Waals surface area contributed by atoms with Crippen molar-refractivity contribution >= 4 is 5.91 Å². The van der Waals surface area contributed by atoms with E-state index in [9.17, 15) is 4.79 Å². The fraction of sp³-hybridized carbons (Fsp3) is 0.400. The topological polar surface area (TPSA) is 60.2 Å². The number of hydrogen-bond donors (Lipinski definition) is 0. The minimum Gasteiger partial charge on any atom is -0.484 e. The molecule has 1 aromatic carbocycles. The van der Waals surface area contributed by atoms with Crippen LogP contribution in [0.5, 0.6) is 5.75 Å². The number of amides is 1. The summed E-state index contributed by atoms with van der Waals surface area (Å²) in [6.45, 7) is 5.88. The number of aryl methyl sites for hydroxylation is 2. The molecule has 21 heavy (non-hydrogen) atoms. The zero-order valence-corrected chi connectivity index (χ0v) is 12.2. The normalized spacial score (nSPS) is 13.9. The second-order valence-corrected chi connectivity index (χ2v) is 5.24. The third-order valence-electron chi connectivity index (χ3n) is 3.64. The van der Waals surface area contributed by atoms with Crippen LogP contribution in [0.1, 0.15) is 17.2 Å². The van der Waals surface area contributed by atoms with E-state index in [1.807, 2.05) is 42.7 Å². The smallest absolute Gasteiger partial charge is 0.260 e. The third-order valence-corrected chi connectivity index (χ3v) is 3.64. The second-order valence-electron chi connectivity index (χ2n) is 5.24. The maximum Gasteiger partial charge on any atom is 0.260 e. The highest BCUT2D eigenvalue weighted by Crippen LogP contribution is 2.14. The molecule has 1 amide bonds.